The zero-order chi connectivity index (χ0) is 27.9. The number of ether oxygens (including phenoxy) is 1. The molecule has 0 N–H and O–H groups in total. The van der Waals surface area contributed by atoms with Gasteiger partial charge in [0.1, 0.15) is 0 Å². The van der Waals surface area contributed by atoms with Crippen molar-refractivity contribution in [2.24, 2.45) is 5.92 Å². The summed E-state index contributed by atoms with van der Waals surface area (Å²) in [5, 5.41) is 0. The molecule has 2 aromatic rings. The van der Waals surface area contributed by atoms with Crippen LogP contribution in [0.4, 0.5) is 0 Å². The van der Waals surface area contributed by atoms with Gasteiger partial charge in [0.15, 0.2) is 0 Å². The topological polar surface area (TPSA) is 12.5 Å². The van der Waals surface area contributed by atoms with E-state index in [1.165, 1.54) is 24.0 Å². The predicted octanol–water partition coefficient (Wildman–Crippen LogP) is 9.79. The molecule has 38 heavy (non-hydrogen) atoms. The third kappa shape index (κ3) is 7.83. The van der Waals surface area contributed by atoms with Crippen LogP contribution in [0, 0.1) is 12.5 Å². The van der Waals surface area contributed by atoms with Crippen molar-refractivity contribution >= 4 is 24.0 Å². The molecule has 1 saturated heterocycles. The van der Waals surface area contributed by atoms with Gasteiger partial charge in [0.2, 0.25) is 0 Å². The van der Waals surface area contributed by atoms with E-state index < -0.39 is 13.5 Å². The van der Waals surface area contributed by atoms with Gasteiger partial charge in [-0.3, -0.25) is 0 Å². The first-order valence-corrected chi connectivity index (χ1v) is 19.2. The first-order chi connectivity index (χ1) is 18.0. The average molecular weight is 643 g/mol. The summed E-state index contributed by atoms with van der Waals surface area (Å²) < 4.78 is 7.51. The predicted molar refractivity (Wildman–Crippen MR) is 163 cm³/mol. The number of benzene rings is 2. The number of hydrogen-bond acceptors (Lipinski definition) is 2. The van der Waals surface area contributed by atoms with Crippen molar-refractivity contribution in [3.63, 3.8) is 0 Å². The van der Waals surface area contributed by atoms with E-state index in [-0.39, 0.29) is 17.1 Å². The van der Waals surface area contributed by atoms with Crippen molar-refractivity contribution in [2.45, 2.75) is 91.2 Å². The van der Waals surface area contributed by atoms with Crippen molar-refractivity contribution in [2.75, 3.05) is 0 Å². The van der Waals surface area contributed by atoms with Crippen LogP contribution in [-0.2, 0) is 18.9 Å². The molecule has 0 saturated carbocycles. The standard InChI is InChI=1S/C23H32N.C10H12O.2ClH.Ru/c1-6-18-12-11-13-19(7-2)21(18)24-17-23(5,16-22(24,3)4)20-14-9-8-10-15-20;1-8(2)11-10-7-5-4-6-9(10)3;;;/h8-12,14-15,17,19H,6-7,13,16H2,1-5H3;3-8H,1-2H3;2*1H;/q-1;;;;+2/p-2/t19-,23?;;;;/m1..../s1. The van der Waals surface area contributed by atoms with E-state index in [1.807, 2.05) is 42.7 Å². The minimum absolute atomic E-state index is 0.107. The van der Waals surface area contributed by atoms with E-state index >= 15 is 0 Å². The van der Waals surface area contributed by atoms with Crippen LogP contribution >= 0.6 is 19.4 Å². The Morgan fingerprint density at radius 3 is 2.32 bits per heavy atom. The summed E-state index contributed by atoms with van der Waals surface area (Å²) in [6.07, 6.45) is 9.56. The van der Waals surface area contributed by atoms with E-state index in [0.717, 1.165) is 24.2 Å². The third-order valence-corrected chi connectivity index (χ3v) is 9.19. The van der Waals surface area contributed by atoms with E-state index in [2.05, 4.69) is 88.5 Å². The molecule has 1 aliphatic carbocycles. The first kappa shape index (κ1) is 31.1. The summed E-state index contributed by atoms with van der Waals surface area (Å²) in [7, 11) is 11.6. The molecular formula is C33H44Cl2NORu-. The SMILES string of the molecule is CC(C)Oc1ccccc1[CH]=[Ru]([Cl])[Cl].CCC1=C(N2[CH-]C(C)(c3ccccc3)CC2(C)C)[C@H](CC)CC=C1. The summed E-state index contributed by atoms with van der Waals surface area (Å²) in [4.78, 5) is 2.64. The summed E-state index contributed by atoms with van der Waals surface area (Å²) in [6, 6.07) is 18.8. The van der Waals surface area contributed by atoms with Crippen LogP contribution in [0.2, 0.25) is 0 Å². The molecule has 1 heterocycles. The molecule has 1 fully saturated rings. The van der Waals surface area contributed by atoms with Crippen LogP contribution in [0.3, 0.4) is 0 Å². The molecule has 2 nitrogen and oxygen atoms in total. The second-order valence-electron chi connectivity index (χ2n) is 11.3. The van der Waals surface area contributed by atoms with Gasteiger partial charge in [0, 0.05) is 5.54 Å². The van der Waals surface area contributed by atoms with Crippen molar-refractivity contribution in [3.8, 4) is 5.75 Å². The van der Waals surface area contributed by atoms with Gasteiger partial charge in [0.05, 0.1) is 0 Å². The molecule has 2 aliphatic rings. The van der Waals surface area contributed by atoms with Crippen LogP contribution in [0.5, 0.6) is 5.75 Å². The normalized spacial score (nSPS) is 22.7. The average Bonchev–Trinajstić information content (AvgIpc) is 3.14. The fourth-order valence-corrected chi connectivity index (χ4v) is 7.54. The molecule has 0 aromatic heterocycles. The van der Waals surface area contributed by atoms with Crippen LogP contribution in [-0.4, -0.2) is 21.2 Å². The first-order valence-electron chi connectivity index (χ1n) is 13.7. The van der Waals surface area contributed by atoms with Crippen molar-refractivity contribution < 1.29 is 18.3 Å². The minimum atomic E-state index is -1.77. The molecule has 2 atom stereocenters. The minimum Gasteiger partial charge on any atom is -0.520 e. The number of nitrogens with zero attached hydrogens (tertiary/aromatic N) is 1. The number of para-hydroxylation sites is 1. The van der Waals surface area contributed by atoms with Crippen LogP contribution in [0.1, 0.15) is 85.3 Å². The number of rotatable bonds is 7. The van der Waals surface area contributed by atoms with Crippen molar-refractivity contribution in [1.82, 2.24) is 4.90 Å². The van der Waals surface area contributed by atoms with E-state index in [4.69, 9.17) is 24.1 Å². The van der Waals surface area contributed by atoms with Crippen LogP contribution in [0.25, 0.3) is 0 Å². The van der Waals surface area contributed by atoms with Crippen molar-refractivity contribution in [3.05, 3.63) is 95.7 Å². The van der Waals surface area contributed by atoms with Gasteiger partial charge < -0.3 is 4.90 Å². The Balaban J connectivity index is 0.000000244. The Bertz CT molecular complexity index is 1150. The zero-order valence-corrected chi connectivity index (χ0v) is 27.2. The molecular weight excluding hydrogens is 598 g/mol. The van der Waals surface area contributed by atoms with Gasteiger partial charge in [-0.15, -0.1) is 5.41 Å². The van der Waals surface area contributed by atoms with Crippen LogP contribution in [0.15, 0.2) is 78.0 Å². The number of halogens is 2. The molecule has 0 spiro atoms. The maximum absolute atomic E-state index is 5.82. The van der Waals surface area contributed by atoms with Gasteiger partial charge in [-0.1, -0.05) is 68.8 Å². The second kappa shape index (κ2) is 13.8. The Labute approximate surface area is 244 Å². The second-order valence-corrected chi connectivity index (χ2v) is 17.0. The van der Waals surface area contributed by atoms with Gasteiger partial charge in [-0.2, -0.15) is 0 Å². The molecule has 0 radical (unpaired) electrons. The Morgan fingerprint density at radius 1 is 1.05 bits per heavy atom. The maximum atomic E-state index is 5.82. The monoisotopic (exact) mass is 642 g/mol. The van der Waals surface area contributed by atoms with Gasteiger partial charge >= 0.3 is 97.8 Å². The maximum Gasteiger partial charge on any atom is 0.00420 e. The van der Waals surface area contributed by atoms with Gasteiger partial charge in [-0.05, 0) is 56.7 Å². The van der Waals surface area contributed by atoms with Gasteiger partial charge in [0.25, 0.3) is 0 Å². The van der Waals surface area contributed by atoms with Gasteiger partial charge in [-0.25, -0.2) is 6.54 Å². The van der Waals surface area contributed by atoms with Crippen LogP contribution < -0.4 is 4.74 Å². The number of likely N-dealkylation sites (tertiary alicyclic amines) is 1. The van der Waals surface area contributed by atoms with E-state index in [0.29, 0.717) is 5.92 Å². The number of hydrogen-bond donors (Lipinski definition) is 0. The Morgan fingerprint density at radius 2 is 1.71 bits per heavy atom. The molecule has 4 rings (SSSR count). The molecule has 1 aliphatic heterocycles. The Kier molecular flexibility index (Phi) is 11.3. The largest absolute Gasteiger partial charge is 0.520 e. The zero-order valence-electron chi connectivity index (χ0n) is 24.0. The molecule has 0 amide bonds. The fraction of sp³-hybridized carbons (Fsp3) is 0.455. The van der Waals surface area contributed by atoms with E-state index in [1.54, 1.807) is 5.70 Å². The summed E-state index contributed by atoms with van der Waals surface area (Å²) >= 11 is -1.77. The summed E-state index contributed by atoms with van der Waals surface area (Å²) in [6.45, 7) is 18.3. The number of allylic oxidation sites excluding steroid dienone is 4. The molecule has 2 aromatic carbocycles. The molecule has 0 bridgehead atoms. The molecule has 5 heteroatoms. The quantitative estimate of drug-likeness (QED) is 0.220. The Hall–Kier alpha value is -1.41. The third-order valence-electron chi connectivity index (χ3n) is 7.36. The molecule has 1 unspecified atom stereocenters. The smallest absolute Gasteiger partial charge is 0.00420 e. The van der Waals surface area contributed by atoms with Crippen molar-refractivity contribution in [1.29, 1.82) is 0 Å². The summed E-state index contributed by atoms with van der Waals surface area (Å²) in [5.41, 5.74) is 5.78. The molecule has 210 valence electrons. The fourth-order valence-electron chi connectivity index (χ4n) is 5.73. The summed E-state index contributed by atoms with van der Waals surface area (Å²) in [5.74, 6) is 1.50. The van der Waals surface area contributed by atoms with E-state index in [9.17, 15) is 0 Å².